The molecular formula is C23H23FN4O2. The summed E-state index contributed by atoms with van der Waals surface area (Å²) >= 11 is 0. The van der Waals surface area contributed by atoms with Crippen LogP contribution in [0.15, 0.2) is 48.5 Å². The molecule has 3 N–H and O–H groups in total. The lowest BCUT2D eigenvalue weighted by Crippen LogP contribution is -2.39. The van der Waals surface area contributed by atoms with E-state index in [2.05, 4.69) is 4.90 Å². The van der Waals surface area contributed by atoms with E-state index in [-0.39, 0.29) is 42.2 Å². The standard InChI is InChI=1S/C23H23FN4O2/c24-16-5-2-1-4-15(16)12-28-22(29)18-17-6-3-11-27(17)20(19(18)23(28)30)13-7-9-14(10-8-13)21(25)26/h1-2,4-5,7-10,17-20H,3,6,11-12H2,(H3,25,26)/t17?,18-,19-,20-/m0/s1. The normalized spacial score (nSPS) is 28.1. The van der Waals surface area contributed by atoms with Crippen molar-refractivity contribution in [2.24, 2.45) is 17.6 Å². The van der Waals surface area contributed by atoms with E-state index >= 15 is 0 Å². The maximum Gasteiger partial charge on any atom is 0.235 e. The van der Waals surface area contributed by atoms with Crippen LogP contribution in [-0.2, 0) is 16.1 Å². The maximum absolute atomic E-state index is 14.2. The molecule has 0 radical (unpaired) electrons. The fourth-order valence-corrected chi connectivity index (χ4v) is 5.47. The number of benzene rings is 2. The Kier molecular flexibility index (Phi) is 4.43. The fraction of sp³-hybridized carbons (Fsp3) is 0.348. The number of rotatable bonds is 4. The summed E-state index contributed by atoms with van der Waals surface area (Å²) in [5, 5.41) is 7.59. The van der Waals surface area contributed by atoms with Crippen molar-refractivity contribution in [1.29, 1.82) is 5.41 Å². The third-order valence-corrected chi connectivity index (χ3v) is 6.79. The molecule has 3 saturated heterocycles. The zero-order chi connectivity index (χ0) is 21.0. The number of amidine groups is 1. The smallest absolute Gasteiger partial charge is 0.235 e. The predicted octanol–water partition coefficient (Wildman–Crippen LogP) is 2.43. The second-order valence-corrected chi connectivity index (χ2v) is 8.33. The lowest BCUT2D eigenvalue weighted by atomic mass is 9.85. The highest BCUT2D eigenvalue weighted by atomic mass is 19.1. The Balaban J connectivity index is 1.50. The summed E-state index contributed by atoms with van der Waals surface area (Å²) in [4.78, 5) is 30.2. The Morgan fingerprint density at radius 2 is 1.77 bits per heavy atom. The molecule has 1 unspecified atom stereocenters. The number of hydrogen-bond acceptors (Lipinski definition) is 4. The van der Waals surface area contributed by atoms with Gasteiger partial charge in [-0.2, -0.15) is 0 Å². The summed E-state index contributed by atoms with van der Waals surface area (Å²) in [6.07, 6.45) is 1.88. The topological polar surface area (TPSA) is 90.5 Å². The number of nitrogen functional groups attached to an aromatic ring is 1. The van der Waals surface area contributed by atoms with Crippen LogP contribution in [0.5, 0.6) is 0 Å². The van der Waals surface area contributed by atoms with Gasteiger partial charge in [-0.25, -0.2) is 4.39 Å². The van der Waals surface area contributed by atoms with Gasteiger partial charge in [-0.1, -0.05) is 42.5 Å². The van der Waals surface area contributed by atoms with Crippen LogP contribution in [0.4, 0.5) is 4.39 Å². The van der Waals surface area contributed by atoms with Gasteiger partial charge in [0.15, 0.2) is 0 Å². The third kappa shape index (κ3) is 2.76. The largest absolute Gasteiger partial charge is 0.384 e. The maximum atomic E-state index is 14.2. The Labute approximate surface area is 174 Å². The molecule has 0 saturated carbocycles. The van der Waals surface area contributed by atoms with Crippen molar-refractivity contribution < 1.29 is 14.0 Å². The minimum Gasteiger partial charge on any atom is -0.384 e. The monoisotopic (exact) mass is 406 g/mol. The predicted molar refractivity (Wildman–Crippen MR) is 109 cm³/mol. The Bertz CT molecular complexity index is 1040. The van der Waals surface area contributed by atoms with Crippen LogP contribution in [0.25, 0.3) is 0 Å². The number of fused-ring (bicyclic) bond motifs is 3. The zero-order valence-corrected chi connectivity index (χ0v) is 16.4. The molecule has 3 heterocycles. The second kappa shape index (κ2) is 7.02. The number of likely N-dealkylation sites (tertiary alicyclic amines) is 1. The highest BCUT2D eigenvalue weighted by molar-refractivity contribution is 6.06. The van der Waals surface area contributed by atoms with E-state index in [0.29, 0.717) is 11.1 Å². The van der Waals surface area contributed by atoms with Gasteiger partial charge in [0.25, 0.3) is 0 Å². The van der Waals surface area contributed by atoms with Gasteiger partial charge in [0.1, 0.15) is 11.7 Å². The quantitative estimate of drug-likeness (QED) is 0.464. The van der Waals surface area contributed by atoms with Gasteiger partial charge in [0.2, 0.25) is 11.8 Å². The molecule has 30 heavy (non-hydrogen) atoms. The van der Waals surface area contributed by atoms with Crippen molar-refractivity contribution in [3.63, 3.8) is 0 Å². The van der Waals surface area contributed by atoms with Crippen LogP contribution in [0.1, 0.15) is 35.6 Å². The molecule has 0 spiro atoms. The molecular weight excluding hydrogens is 383 g/mol. The van der Waals surface area contributed by atoms with E-state index in [1.165, 1.54) is 11.0 Å². The average molecular weight is 406 g/mol. The number of hydrogen-bond donors (Lipinski definition) is 2. The lowest BCUT2D eigenvalue weighted by molar-refractivity contribution is -0.142. The molecule has 5 rings (SSSR count). The van der Waals surface area contributed by atoms with Crippen LogP contribution in [0.2, 0.25) is 0 Å². The summed E-state index contributed by atoms with van der Waals surface area (Å²) in [5.41, 5.74) is 7.50. The highest BCUT2D eigenvalue weighted by Crippen LogP contribution is 2.53. The van der Waals surface area contributed by atoms with Gasteiger partial charge < -0.3 is 5.73 Å². The van der Waals surface area contributed by atoms with Crippen molar-refractivity contribution in [2.75, 3.05) is 6.54 Å². The van der Waals surface area contributed by atoms with Crippen molar-refractivity contribution in [1.82, 2.24) is 9.80 Å². The molecule has 7 heteroatoms. The van der Waals surface area contributed by atoms with Crippen molar-refractivity contribution in [2.45, 2.75) is 31.5 Å². The number of imide groups is 1. The minimum absolute atomic E-state index is 0.00641. The van der Waals surface area contributed by atoms with E-state index in [0.717, 1.165) is 24.9 Å². The van der Waals surface area contributed by atoms with Crippen LogP contribution in [-0.4, -0.2) is 40.0 Å². The summed E-state index contributed by atoms with van der Waals surface area (Å²) in [6.45, 7) is 0.824. The molecule has 154 valence electrons. The Hall–Kier alpha value is -3.06. The molecule has 0 bridgehead atoms. The fourth-order valence-electron chi connectivity index (χ4n) is 5.47. The molecule has 6 nitrogen and oxygen atoms in total. The van der Waals surface area contributed by atoms with Crippen LogP contribution in [0.3, 0.4) is 0 Å². The Morgan fingerprint density at radius 3 is 2.47 bits per heavy atom. The van der Waals surface area contributed by atoms with Crippen LogP contribution in [0, 0.1) is 23.1 Å². The SMILES string of the molecule is N=C(N)c1ccc([C@H]2[C@H]3C(=O)N(Cc4ccccc4F)C(=O)[C@H]3C3CCCN32)cc1. The minimum atomic E-state index is -0.460. The molecule has 2 aromatic rings. The first-order chi connectivity index (χ1) is 14.5. The van der Waals surface area contributed by atoms with Crippen molar-refractivity contribution >= 4 is 17.6 Å². The first-order valence-corrected chi connectivity index (χ1v) is 10.3. The number of carbonyl (C=O) groups is 2. The summed E-state index contributed by atoms with van der Waals surface area (Å²) in [5.74, 6) is -1.67. The average Bonchev–Trinajstić information content (AvgIpc) is 3.38. The van der Waals surface area contributed by atoms with E-state index in [1.807, 2.05) is 12.1 Å². The van der Waals surface area contributed by atoms with Gasteiger partial charge in [-0.05, 0) is 31.0 Å². The number of nitrogens with zero attached hydrogens (tertiary/aromatic N) is 2. The molecule has 3 aliphatic heterocycles. The van der Waals surface area contributed by atoms with Gasteiger partial charge in [0.05, 0.1) is 18.4 Å². The van der Waals surface area contributed by atoms with Gasteiger partial charge in [0, 0.05) is 23.2 Å². The molecule has 2 amide bonds. The molecule has 0 aromatic heterocycles. The van der Waals surface area contributed by atoms with Gasteiger partial charge >= 0.3 is 0 Å². The van der Waals surface area contributed by atoms with E-state index in [9.17, 15) is 14.0 Å². The number of amides is 2. The number of halogens is 1. The van der Waals surface area contributed by atoms with Crippen molar-refractivity contribution in [3.8, 4) is 0 Å². The highest BCUT2D eigenvalue weighted by Gasteiger charge is 2.62. The van der Waals surface area contributed by atoms with E-state index < -0.39 is 11.7 Å². The number of nitrogens with one attached hydrogen (secondary N) is 1. The molecule has 3 fully saturated rings. The van der Waals surface area contributed by atoms with Crippen LogP contribution < -0.4 is 5.73 Å². The summed E-state index contributed by atoms with van der Waals surface area (Å²) in [7, 11) is 0. The van der Waals surface area contributed by atoms with E-state index in [1.54, 1.807) is 30.3 Å². The van der Waals surface area contributed by atoms with Crippen LogP contribution >= 0.6 is 0 Å². The number of nitrogens with two attached hydrogens (primary N) is 1. The van der Waals surface area contributed by atoms with Gasteiger partial charge in [-0.3, -0.25) is 24.8 Å². The lowest BCUT2D eigenvalue weighted by Gasteiger charge is -2.29. The first-order valence-electron chi connectivity index (χ1n) is 10.3. The second-order valence-electron chi connectivity index (χ2n) is 8.33. The summed E-state index contributed by atoms with van der Waals surface area (Å²) < 4.78 is 14.2. The molecule has 3 aliphatic rings. The van der Waals surface area contributed by atoms with E-state index in [4.69, 9.17) is 11.1 Å². The molecule has 4 atom stereocenters. The van der Waals surface area contributed by atoms with Gasteiger partial charge in [-0.15, -0.1) is 0 Å². The zero-order valence-electron chi connectivity index (χ0n) is 16.4. The summed E-state index contributed by atoms with van der Waals surface area (Å²) in [6, 6.07) is 13.5. The third-order valence-electron chi connectivity index (χ3n) is 6.79. The molecule has 2 aromatic carbocycles. The van der Waals surface area contributed by atoms with Crippen molar-refractivity contribution in [3.05, 3.63) is 71.0 Å². The Morgan fingerprint density at radius 1 is 1.07 bits per heavy atom. The first kappa shape index (κ1) is 18.9. The number of carbonyl (C=O) groups excluding carboxylic acids is 2. The molecule has 0 aliphatic carbocycles.